The number of carbonyl (C=O) groups is 4. The van der Waals surface area contributed by atoms with E-state index in [1.54, 1.807) is 23.3 Å². The molecule has 256 valence electrons. The molecule has 0 radical (unpaired) electrons. The van der Waals surface area contributed by atoms with Gasteiger partial charge < -0.3 is 25.6 Å². The number of unbranched alkanes of at least 4 members (excludes halogenated alkanes) is 2. The molecule has 3 N–H and O–H groups in total. The first-order valence-corrected chi connectivity index (χ1v) is 17.6. The zero-order chi connectivity index (χ0) is 34.4. The standard InChI is InChI=1S/C24H34N4O2S.C12H23NO2/c1-15(17-9-11-18(12-10-17)20-16(2)26-14-31-20)27-22(29)19-8-7-13-28(19)23(30)21(25-6)24(3,4)5;1-4-11(12(15)10(2)3)13-8-6-5-7-9-14/h9-12,14-15,19,21,25H,7-8,13H2,1-6H3,(H,27,29);9-11,13H,4-8H2,1-3H3/t15-,19-,21+;11-/m00/s1. The molecule has 1 aliphatic heterocycles. The first-order chi connectivity index (χ1) is 21.8. The van der Waals surface area contributed by atoms with Gasteiger partial charge in [0.1, 0.15) is 12.3 Å². The highest BCUT2D eigenvalue weighted by Crippen LogP contribution is 2.29. The first kappa shape index (κ1) is 39.2. The highest BCUT2D eigenvalue weighted by atomic mass is 32.1. The number of aromatic nitrogens is 1. The number of aryl methyl sites for hydroxylation is 1. The number of benzene rings is 1. The maximum Gasteiger partial charge on any atom is 0.243 e. The van der Waals surface area contributed by atoms with Crippen molar-refractivity contribution in [2.24, 2.45) is 11.3 Å². The smallest absolute Gasteiger partial charge is 0.243 e. The Balaban J connectivity index is 0.000000415. The van der Waals surface area contributed by atoms with E-state index < -0.39 is 6.04 Å². The SMILES string of the molecule is CC[C@H](NCCCCC=O)C(=O)C(C)C.CN[C@H](C(=O)N1CCC[C@H]1C(=O)N[C@@H](C)c1ccc(-c2scnc2C)cc1)C(C)(C)C. The lowest BCUT2D eigenvalue weighted by molar-refractivity contribution is -0.142. The number of aldehydes is 1. The highest BCUT2D eigenvalue weighted by Gasteiger charge is 2.40. The Kier molecular flexibility index (Phi) is 16.2. The van der Waals surface area contributed by atoms with E-state index in [2.05, 4.69) is 33.1 Å². The number of hydrogen-bond acceptors (Lipinski definition) is 8. The second-order valence-electron chi connectivity index (χ2n) is 13.5. The number of carbonyl (C=O) groups excluding carboxylic acids is 4. The lowest BCUT2D eigenvalue weighted by Crippen LogP contribution is -2.55. The number of nitrogens with zero attached hydrogens (tertiary/aromatic N) is 2. The summed E-state index contributed by atoms with van der Waals surface area (Å²) in [6.07, 6.45) is 5.82. The number of nitrogens with one attached hydrogen (secondary N) is 3. The monoisotopic (exact) mass is 655 g/mol. The Hall–Kier alpha value is -2.95. The molecule has 46 heavy (non-hydrogen) atoms. The predicted octanol–water partition coefficient (Wildman–Crippen LogP) is 5.87. The van der Waals surface area contributed by atoms with Crippen LogP contribution in [0, 0.1) is 18.3 Å². The van der Waals surface area contributed by atoms with Crippen LogP contribution in [0.3, 0.4) is 0 Å². The highest BCUT2D eigenvalue weighted by molar-refractivity contribution is 7.13. The van der Waals surface area contributed by atoms with Crippen molar-refractivity contribution < 1.29 is 19.2 Å². The van der Waals surface area contributed by atoms with Crippen LogP contribution in [-0.4, -0.2) is 72.0 Å². The minimum Gasteiger partial charge on any atom is -0.348 e. The average molecular weight is 656 g/mol. The molecule has 1 aliphatic rings. The van der Waals surface area contributed by atoms with Crippen LogP contribution in [0.1, 0.15) is 104 Å². The van der Waals surface area contributed by atoms with Crippen molar-refractivity contribution in [3.05, 3.63) is 41.0 Å². The molecule has 1 aromatic heterocycles. The summed E-state index contributed by atoms with van der Waals surface area (Å²) in [6, 6.07) is 7.37. The normalized spacial score (nSPS) is 16.7. The van der Waals surface area contributed by atoms with Crippen LogP contribution in [0.4, 0.5) is 0 Å². The van der Waals surface area contributed by atoms with Crippen molar-refractivity contribution in [2.45, 2.75) is 118 Å². The number of likely N-dealkylation sites (tertiary alicyclic amines) is 1. The Bertz CT molecular complexity index is 1250. The minimum absolute atomic E-state index is 0.00424. The van der Waals surface area contributed by atoms with E-state index in [9.17, 15) is 19.2 Å². The molecular formula is C36H57N5O4S. The van der Waals surface area contributed by atoms with Crippen molar-refractivity contribution in [2.75, 3.05) is 20.1 Å². The van der Waals surface area contributed by atoms with Crippen LogP contribution in [0.15, 0.2) is 29.8 Å². The van der Waals surface area contributed by atoms with Crippen LogP contribution >= 0.6 is 11.3 Å². The van der Waals surface area contributed by atoms with Gasteiger partial charge in [-0.3, -0.25) is 14.4 Å². The van der Waals surface area contributed by atoms with Gasteiger partial charge in [-0.25, -0.2) is 4.98 Å². The molecule has 0 aliphatic carbocycles. The van der Waals surface area contributed by atoms with Gasteiger partial charge in [0.05, 0.1) is 34.2 Å². The Labute approximate surface area is 280 Å². The van der Waals surface area contributed by atoms with Crippen LogP contribution in [0.25, 0.3) is 10.4 Å². The van der Waals surface area contributed by atoms with Gasteiger partial charge in [-0.1, -0.05) is 65.8 Å². The Morgan fingerprint density at radius 3 is 2.30 bits per heavy atom. The van der Waals surface area contributed by atoms with E-state index >= 15 is 0 Å². The number of Topliss-reactive ketones (excluding diaryl/α,β-unsaturated/α-hetero) is 1. The average Bonchev–Trinajstić information content (AvgIpc) is 3.68. The zero-order valence-electron chi connectivity index (χ0n) is 29.4. The maximum atomic E-state index is 13.2. The molecule has 2 aromatic rings. The van der Waals surface area contributed by atoms with Crippen LogP contribution in [-0.2, 0) is 19.2 Å². The van der Waals surface area contributed by atoms with Crippen LogP contribution < -0.4 is 16.0 Å². The van der Waals surface area contributed by atoms with Gasteiger partial charge in [-0.2, -0.15) is 0 Å². The fourth-order valence-corrected chi connectivity index (χ4v) is 6.58. The summed E-state index contributed by atoms with van der Waals surface area (Å²) >= 11 is 1.63. The van der Waals surface area contributed by atoms with Crippen LogP contribution in [0.2, 0.25) is 0 Å². The summed E-state index contributed by atoms with van der Waals surface area (Å²) in [5.41, 5.74) is 4.84. The number of likely N-dealkylation sites (N-methyl/N-ethyl adjacent to an activating group) is 1. The van der Waals surface area contributed by atoms with Gasteiger partial charge in [0.25, 0.3) is 0 Å². The molecule has 4 atom stereocenters. The minimum atomic E-state index is -0.410. The Morgan fingerprint density at radius 2 is 1.78 bits per heavy atom. The van der Waals surface area contributed by atoms with E-state index in [1.165, 1.54) is 4.88 Å². The van der Waals surface area contributed by atoms with Crippen molar-refractivity contribution in [3.8, 4) is 10.4 Å². The molecule has 1 aromatic carbocycles. The number of thiazole rings is 1. The quantitative estimate of drug-likeness (QED) is 0.162. The molecule has 3 rings (SSSR count). The molecular weight excluding hydrogens is 598 g/mol. The lowest BCUT2D eigenvalue weighted by atomic mass is 9.86. The Morgan fingerprint density at radius 1 is 1.11 bits per heavy atom. The third-order valence-electron chi connectivity index (χ3n) is 8.48. The molecule has 1 saturated heterocycles. The summed E-state index contributed by atoms with van der Waals surface area (Å²) in [6.45, 7) is 17.4. The second kappa shape index (κ2) is 19.0. The number of ketones is 1. The number of rotatable bonds is 15. The summed E-state index contributed by atoms with van der Waals surface area (Å²) in [4.78, 5) is 55.2. The van der Waals surface area contributed by atoms with E-state index in [-0.39, 0.29) is 47.1 Å². The third kappa shape index (κ3) is 11.4. The molecule has 9 nitrogen and oxygen atoms in total. The van der Waals surface area contributed by atoms with Gasteiger partial charge in [-0.15, -0.1) is 11.3 Å². The molecule has 0 unspecified atom stereocenters. The van der Waals surface area contributed by atoms with Gasteiger partial charge in [0.15, 0.2) is 5.78 Å². The molecule has 0 bridgehead atoms. The lowest BCUT2D eigenvalue weighted by Gasteiger charge is -2.35. The molecule has 2 heterocycles. The zero-order valence-corrected chi connectivity index (χ0v) is 30.3. The maximum absolute atomic E-state index is 13.2. The summed E-state index contributed by atoms with van der Waals surface area (Å²) < 4.78 is 0. The third-order valence-corrected chi connectivity index (χ3v) is 9.46. The molecule has 10 heteroatoms. The number of amides is 2. The topological polar surface area (TPSA) is 121 Å². The number of hydrogen-bond donors (Lipinski definition) is 3. The second-order valence-corrected chi connectivity index (χ2v) is 14.4. The van der Waals surface area contributed by atoms with Gasteiger partial charge in [0, 0.05) is 18.9 Å². The fraction of sp³-hybridized carbons (Fsp3) is 0.639. The van der Waals surface area contributed by atoms with Crippen molar-refractivity contribution in [3.63, 3.8) is 0 Å². The predicted molar refractivity (Wildman–Crippen MR) is 188 cm³/mol. The van der Waals surface area contributed by atoms with Crippen molar-refractivity contribution in [1.29, 1.82) is 0 Å². The summed E-state index contributed by atoms with van der Waals surface area (Å²) in [5, 5.41) is 9.50. The molecule has 2 amide bonds. The fourth-order valence-electron chi connectivity index (χ4n) is 5.77. The molecule has 0 saturated carbocycles. The van der Waals surface area contributed by atoms with Crippen molar-refractivity contribution >= 4 is 35.2 Å². The van der Waals surface area contributed by atoms with Gasteiger partial charge in [-0.05, 0) is 76.1 Å². The van der Waals surface area contributed by atoms with Crippen molar-refractivity contribution in [1.82, 2.24) is 25.8 Å². The van der Waals surface area contributed by atoms with E-state index in [1.807, 2.05) is 73.0 Å². The van der Waals surface area contributed by atoms with Gasteiger partial charge >= 0.3 is 0 Å². The largest absolute Gasteiger partial charge is 0.348 e. The summed E-state index contributed by atoms with van der Waals surface area (Å²) in [5.74, 6) is 0.305. The first-order valence-electron chi connectivity index (χ1n) is 16.8. The van der Waals surface area contributed by atoms with E-state index in [4.69, 9.17) is 0 Å². The summed E-state index contributed by atoms with van der Waals surface area (Å²) in [7, 11) is 1.80. The van der Waals surface area contributed by atoms with E-state index in [0.717, 1.165) is 55.3 Å². The van der Waals surface area contributed by atoms with Crippen LogP contribution in [0.5, 0.6) is 0 Å². The van der Waals surface area contributed by atoms with E-state index in [0.29, 0.717) is 19.4 Å². The molecule has 1 fully saturated rings. The van der Waals surface area contributed by atoms with Gasteiger partial charge in [0.2, 0.25) is 11.8 Å². The molecule has 0 spiro atoms.